The number of aromatic nitrogens is 1. The molecule has 0 atom stereocenters. The summed E-state index contributed by atoms with van der Waals surface area (Å²) in [5, 5.41) is 3.96. The van der Waals surface area contributed by atoms with Gasteiger partial charge >= 0.3 is 0 Å². The molecule has 0 radical (unpaired) electrons. The fourth-order valence-corrected chi connectivity index (χ4v) is 3.99. The normalized spacial score (nSPS) is 15.8. The fourth-order valence-electron chi connectivity index (χ4n) is 3.71. The van der Waals surface area contributed by atoms with Crippen molar-refractivity contribution < 1.29 is 14.3 Å². The molecule has 1 amide bonds. The molecule has 0 saturated carbocycles. The molecule has 2 aliphatic rings. The molecule has 1 aromatic heterocycles. The number of nitrogens with one attached hydrogen (secondary N) is 1. The van der Waals surface area contributed by atoms with Gasteiger partial charge in [0.25, 0.3) is 5.91 Å². The van der Waals surface area contributed by atoms with Crippen LogP contribution in [0.1, 0.15) is 21.6 Å². The van der Waals surface area contributed by atoms with Crippen molar-refractivity contribution >= 4 is 28.2 Å². The Bertz CT molecular complexity index is 952. The molecule has 1 aromatic carbocycles. The van der Waals surface area contributed by atoms with E-state index in [-0.39, 0.29) is 5.91 Å². The van der Waals surface area contributed by atoms with E-state index in [1.54, 1.807) is 18.1 Å². The molecular weight excluding hydrogens is 378 g/mol. The van der Waals surface area contributed by atoms with E-state index in [1.165, 1.54) is 0 Å². The summed E-state index contributed by atoms with van der Waals surface area (Å²) in [6.07, 6.45) is 4.52. The van der Waals surface area contributed by atoms with Crippen LogP contribution in [0.25, 0.3) is 16.2 Å². The topological polar surface area (TPSA) is 63.7 Å². The lowest BCUT2D eigenvalue weighted by Crippen LogP contribution is -2.40. The number of pyridine rings is 1. The van der Waals surface area contributed by atoms with Crippen molar-refractivity contribution in [2.45, 2.75) is 6.42 Å². The maximum absolute atomic E-state index is 12.8. The average Bonchev–Trinajstić information content (AvgIpc) is 3.13. The van der Waals surface area contributed by atoms with Crippen molar-refractivity contribution in [3.05, 3.63) is 47.3 Å². The lowest BCUT2D eigenvalue weighted by Gasteiger charge is -2.27. The van der Waals surface area contributed by atoms with E-state index < -0.39 is 0 Å². The minimum Gasteiger partial charge on any atom is -0.496 e. The maximum Gasteiger partial charge on any atom is 0.254 e. The molecular formula is C21H22ClN3O3. The average molecular weight is 400 g/mol. The highest BCUT2D eigenvalue weighted by molar-refractivity contribution is 6.50. The molecule has 146 valence electrons. The molecule has 7 heteroatoms. The predicted molar refractivity (Wildman–Crippen MR) is 110 cm³/mol. The van der Waals surface area contributed by atoms with Crippen LogP contribution in [0.15, 0.2) is 30.5 Å². The summed E-state index contributed by atoms with van der Waals surface area (Å²) in [6, 6.07) is 5.53. The van der Waals surface area contributed by atoms with Gasteiger partial charge in [0.15, 0.2) is 0 Å². The van der Waals surface area contributed by atoms with E-state index in [2.05, 4.69) is 10.3 Å². The van der Waals surface area contributed by atoms with Crippen LogP contribution in [0.5, 0.6) is 5.75 Å². The molecule has 1 aliphatic heterocycles. The highest BCUT2D eigenvalue weighted by atomic mass is 35.5. The van der Waals surface area contributed by atoms with Crippen LogP contribution in [0.2, 0.25) is 0 Å². The molecule has 1 N–H and O–H groups in total. The summed E-state index contributed by atoms with van der Waals surface area (Å²) in [7, 11) is 3.47. The van der Waals surface area contributed by atoms with E-state index in [0.717, 1.165) is 34.5 Å². The van der Waals surface area contributed by atoms with E-state index in [1.807, 2.05) is 31.5 Å². The van der Waals surface area contributed by atoms with Gasteiger partial charge in [0, 0.05) is 60.0 Å². The molecule has 2 aromatic rings. The van der Waals surface area contributed by atoms with Crippen LogP contribution in [0.3, 0.4) is 0 Å². The second kappa shape index (κ2) is 7.81. The van der Waals surface area contributed by atoms with Crippen molar-refractivity contribution in [2.75, 3.05) is 45.8 Å². The molecule has 1 saturated heterocycles. The molecule has 6 nitrogen and oxygen atoms in total. The number of methoxy groups -OCH3 is 1. The number of morpholine rings is 1. The van der Waals surface area contributed by atoms with Gasteiger partial charge in [-0.25, -0.2) is 0 Å². The van der Waals surface area contributed by atoms with E-state index in [0.29, 0.717) is 42.6 Å². The van der Waals surface area contributed by atoms with Gasteiger partial charge in [0.05, 0.1) is 31.7 Å². The molecule has 2 heterocycles. The Morgan fingerprint density at radius 1 is 1.29 bits per heavy atom. The number of carbonyl (C=O) groups is 1. The standard InChI is InChI=1S/C21H22ClN3O3/c1-23-20-15(12-24-17-6-5-16(22)19(17)20)14-4-3-13(11-18(14)27-2)21(26)25-7-9-28-10-8-25/h3-5,11-12H,6-10H2,1-2H3,(H,23,24). The van der Waals surface area contributed by atoms with Crippen molar-refractivity contribution in [1.29, 1.82) is 0 Å². The number of rotatable bonds is 4. The van der Waals surface area contributed by atoms with Crippen molar-refractivity contribution in [3.63, 3.8) is 0 Å². The van der Waals surface area contributed by atoms with Gasteiger partial charge < -0.3 is 19.7 Å². The number of hydrogen-bond acceptors (Lipinski definition) is 5. The van der Waals surface area contributed by atoms with Crippen LogP contribution in [-0.2, 0) is 11.2 Å². The first-order valence-corrected chi connectivity index (χ1v) is 9.63. The zero-order valence-electron chi connectivity index (χ0n) is 15.9. The summed E-state index contributed by atoms with van der Waals surface area (Å²) < 4.78 is 11.0. The van der Waals surface area contributed by atoms with E-state index in [4.69, 9.17) is 21.1 Å². The molecule has 28 heavy (non-hydrogen) atoms. The Morgan fingerprint density at radius 3 is 2.79 bits per heavy atom. The van der Waals surface area contributed by atoms with Gasteiger partial charge in [-0.3, -0.25) is 9.78 Å². The highest BCUT2D eigenvalue weighted by Crippen LogP contribution is 2.43. The quantitative estimate of drug-likeness (QED) is 0.853. The number of halogens is 1. The second-order valence-electron chi connectivity index (χ2n) is 6.69. The van der Waals surface area contributed by atoms with Gasteiger partial charge in [0.2, 0.25) is 0 Å². The summed E-state index contributed by atoms with van der Waals surface area (Å²) in [6.45, 7) is 2.35. The molecule has 1 fully saturated rings. The van der Waals surface area contributed by atoms with Gasteiger partial charge in [0.1, 0.15) is 5.75 Å². The van der Waals surface area contributed by atoms with Crippen molar-refractivity contribution in [1.82, 2.24) is 9.88 Å². The summed E-state index contributed by atoms with van der Waals surface area (Å²) in [5.41, 5.74) is 5.14. The first kappa shape index (κ1) is 18.8. The van der Waals surface area contributed by atoms with Gasteiger partial charge in [-0.15, -0.1) is 0 Å². The summed E-state index contributed by atoms with van der Waals surface area (Å²) in [5.74, 6) is 0.607. The number of benzene rings is 1. The third kappa shape index (κ3) is 3.23. The first-order chi connectivity index (χ1) is 13.6. The smallest absolute Gasteiger partial charge is 0.254 e. The lowest BCUT2D eigenvalue weighted by atomic mass is 9.99. The number of carbonyl (C=O) groups excluding carboxylic acids is 1. The minimum atomic E-state index is -0.0138. The van der Waals surface area contributed by atoms with E-state index in [9.17, 15) is 4.79 Å². The second-order valence-corrected chi connectivity index (χ2v) is 7.10. The highest BCUT2D eigenvalue weighted by Gasteiger charge is 2.24. The van der Waals surface area contributed by atoms with Gasteiger partial charge in [-0.1, -0.05) is 17.7 Å². The van der Waals surface area contributed by atoms with Gasteiger partial charge in [-0.2, -0.15) is 0 Å². The Hall–Kier alpha value is -2.57. The molecule has 0 bridgehead atoms. The van der Waals surface area contributed by atoms with Crippen LogP contribution in [-0.4, -0.2) is 56.3 Å². The lowest BCUT2D eigenvalue weighted by molar-refractivity contribution is 0.0302. The summed E-state index contributed by atoms with van der Waals surface area (Å²) in [4.78, 5) is 19.2. The number of fused-ring (bicyclic) bond motifs is 1. The number of ether oxygens (including phenoxy) is 2. The first-order valence-electron chi connectivity index (χ1n) is 9.25. The number of nitrogens with zero attached hydrogens (tertiary/aromatic N) is 2. The van der Waals surface area contributed by atoms with E-state index >= 15 is 0 Å². The number of hydrogen-bond donors (Lipinski definition) is 1. The Labute approximate surface area is 169 Å². The molecule has 0 unspecified atom stereocenters. The molecule has 4 rings (SSSR count). The Kier molecular flexibility index (Phi) is 5.24. The van der Waals surface area contributed by atoms with Crippen LogP contribution in [0, 0.1) is 0 Å². The third-order valence-electron chi connectivity index (χ3n) is 5.16. The largest absolute Gasteiger partial charge is 0.496 e. The van der Waals surface area contributed by atoms with Crippen LogP contribution in [0.4, 0.5) is 5.69 Å². The van der Waals surface area contributed by atoms with Crippen LogP contribution < -0.4 is 10.1 Å². The Morgan fingerprint density at radius 2 is 2.07 bits per heavy atom. The van der Waals surface area contributed by atoms with Crippen molar-refractivity contribution in [3.8, 4) is 16.9 Å². The zero-order valence-corrected chi connectivity index (χ0v) is 16.7. The summed E-state index contributed by atoms with van der Waals surface area (Å²) >= 11 is 6.40. The van der Waals surface area contributed by atoms with Gasteiger partial charge in [-0.05, 0) is 18.2 Å². The SMILES string of the molecule is CNc1c(-c2ccc(C(=O)N3CCOCC3)cc2OC)cnc2c1C(Cl)=CC2. The number of allylic oxidation sites excluding steroid dienone is 1. The Balaban J connectivity index is 1.74. The fraction of sp³-hybridized carbons (Fsp3) is 0.333. The molecule has 0 spiro atoms. The maximum atomic E-state index is 12.8. The predicted octanol–water partition coefficient (Wildman–Crippen LogP) is 3.41. The number of amides is 1. The van der Waals surface area contributed by atoms with Crippen LogP contribution >= 0.6 is 11.6 Å². The molecule has 1 aliphatic carbocycles. The minimum absolute atomic E-state index is 0.0138. The van der Waals surface area contributed by atoms with Crippen molar-refractivity contribution in [2.24, 2.45) is 0 Å². The monoisotopic (exact) mass is 399 g/mol. The number of anilines is 1. The zero-order chi connectivity index (χ0) is 19.7. The third-order valence-corrected chi connectivity index (χ3v) is 5.50.